The molecule has 18 heavy (non-hydrogen) atoms. The minimum Gasteiger partial charge on any atom is -0.467 e. The van der Waals surface area contributed by atoms with E-state index in [2.05, 4.69) is 5.32 Å². The largest absolute Gasteiger partial charge is 0.467 e. The maximum Gasteiger partial charge on any atom is 0.331 e. The van der Waals surface area contributed by atoms with E-state index < -0.39 is 5.54 Å². The topological polar surface area (TPSA) is 38.3 Å². The Hall–Kier alpha value is -0.870. The number of carbonyl (C=O) groups is 1. The number of ether oxygens (including phenoxy) is 1. The van der Waals surface area contributed by atoms with Crippen molar-refractivity contribution in [3.05, 3.63) is 29.3 Å². The van der Waals surface area contributed by atoms with Gasteiger partial charge in [0.15, 0.2) is 0 Å². The highest BCUT2D eigenvalue weighted by Crippen LogP contribution is 2.32. The number of thioether (sulfide) groups is 1. The molecule has 2 rings (SSSR count). The molecule has 98 valence electrons. The first-order valence-corrected chi connectivity index (χ1v) is 7.39. The van der Waals surface area contributed by atoms with Gasteiger partial charge in [0.2, 0.25) is 0 Å². The first kappa shape index (κ1) is 13.6. The Labute approximate surface area is 116 Å². The molecule has 1 N–H and O–H groups in total. The molecule has 1 heterocycles. The van der Waals surface area contributed by atoms with Crippen LogP contribution < -0.4 is 5.32 Å². The van der Waals surface area contributed by atoms with Crippen molar-refractivity contribution in [3.8, 4) is 0 Å². The molecule has 0 saturated carbocycles. The Morgan fingerprint density at radius 2 is 1.94 bits per heavy atom. The van der Waals surface area contributed by atoms with E-state index in [4.69, 9.17) is 16.3 Å². The Bertz CT molecular complexity index is 416. The minimum absolute atomic E-state index is 0.183. The monoisotopic (exact) mass is 285 g/mol. The predicted molar refractivity (Wildman–Crippen MR) is 76.4 cm³/mol. The van der Waals surface area contributed by atoms with Gasteiger partial charge in [-0.3, -0.25) is 0 Å². The number of halogens is 1. The number of esters is 1. The molecule has 1 aromatic carbocycles. The van der Waals surface area contributed by atoms with Crippen molar-refractivity contribution < 1.29 is 9.53 Å². The molecule has 1 saturated heterocycles. The van der Waals surface area contributed by atoms with Gasteiger partial charge in [0.25, 0.3) is 0 Å². The average Bonchev–Trinajstić information content (AvgIpc) is 2.41. The molecule has 0 aliphatic carbocycles. The molecule has 3 nitrogen and oxygen atoms in total. The number of rotatable bonds is 3. The molecule has 0 aromatic heterocycles. The van der Waals surface area contributed by atoms with Gasteiger partial charge in [0.1, 0.15) is 5.54 Å². The van der Waals surface area contributed by atoms with Crippen LogP contribution in [-0.4, -0.2) is 30.1 Å². The average molecular weight is 286 g/mol. The van der Waals surface area contributed by atoms with Crippen LogP contribution in [0.25, 0.3) is 0 Å². The summed E-state index contributed by atoms with van der Waals surface area (Å²) in [7, 11) is 1.44. The van der Waals surface area contributed by atoms with Crippen LogP contribution in [0, 0.1) is 0 Å². The summed E-state index contributed by atoms with van der Waals surface area (Å²) in [5, 5.41) is 4.01. The quantitative estimate of drug-likeness (QED) is 0.866. The van der Waals surface area contributed by atoms with E-state index in [1.165, 1.54) is 7.11 Å². The summed E-state index contributed by atoms with van der Waals surface area (Å²) >= 11 is 7.73. The zero-order chi connectivity index (χ0) is 13.0. The summed E-state index contributed by atoms with van der Waals surface area (Å²) in [5.41, 5.74) is 0.310. The van der Waals surface area contributed by atoms with Crippen molar-refractivity contribution in [2.24, 2.45) is 0 Å². The molecule has 0 radical (unpaired) electrons. The summed E-state index contributed by atoms with van der Waals surface area (Å²) in [5.74, 6) is 1.75. The van der Waals surface area contributed by atoms with Crippen LogP contribution in [0.5, 0.6) is 0 Å². The molecule has 1 aliphatic heterocycles. The molecule has 1 aromatic rings. The Kier molecular flexibility index (Phi) is 4.40. The van der Waals surface area contributed by atoms with E-state index in [-0.39, 0.29) is 5.97 Å². The summed E-state index contributed by atoms with van der Waals surface area (Å²) in [6.07, 6.45) is 1.57. The Morgan fingerprint density at radius 1 is 1.33 bits per heavy atom. The molecule has 1 fully saturated rings. The van der Waals surface area contributed by atoms with Crippen LogP contribution in [0.1, 0.15) is 12.8 Å². The van der Waals surface area contributed by atoms with E-state index in [0.717, 1.165) is 30.0 Å². The van der Waals surface area contributed by atoms with Crippen LogP contribution >= 0.6 is 23.4 Å². The Balaban J connectivity index is 2.19. The Morgan fingerprint density at radius 3 is 2.50 bits per heavy atom. The van der Waals surface area contributed by atoms with E-state index >= 15 is 0 Å². The minimum atomic E-state index is -0.589. The lowest BCUT2D eigenvalue weighted by Gasteiger charge is -2.35. The normalized spacial score (nSPS) is 18.1. The number of benzene rings is 1. The first-order valence-electron chi connectivity index (χ1n) is 5.86. The first-order chi connectivity index (χ1) is 8.66. The third kappa shape index (κ3) is 2.93. The van der Waals surface area contributed by atoms with Gasteiger partial charge in [-0.1, -0.05) is 11.6 Å². The summed E-state index contributed by atoms with van der Waals surface area (Å²) in [4.78, 5) is 12.0. The van der Waals surface area contributed by atoms with Crippen LogP contribution in [0.3, 0.4) is 0 Å². The second kappa shape index (κ2) is 5.85. The molecule has 0 spiro atoms. The molecule has 0 amide bonds. The SMILES string of the molecule is COC(=O)C1(Nc2ccc(Cl)cc2)CCSCC1. The molecule has 0 atom stereocenters. The van der Waals surface area contributed by atoms with Gasteiger partial charge < -0.3 is 10.1 Å². The van der Waals surface area contributed by atoms with Crippen LogP contribution in [0.2, 0.25) is 5.02 Å². The highest BCUT2D eigenvalue weighted by Gasteiger charge is 2.40. The van der Waals surface area contributed by atoms with Crippen molar-refractivity contribution >= 4 is 35.0 Å². The van der Waals surface area contributed by atoms with E-state index in [0.29, 0.717) is 5.02 Å². The number of hydrogen-bond acceptors (Lipinski definition) is 4. The van der Waals surface area contributed by atoms with Gasteiger partial charge in [-0.15, -0.1) is 0 Å². The van der Waals surface area contributed by atoms with Crippen LogP contribution in [0.15, 0.2) is 24.3 Å². The van der Waals surface area contributed by atoms with E-state index in [9.17, 15) is 4.79 Å². The van der Waals surface area contributed by atoms with Crippen LogP contribution in [0.4, 0.5) is 5.69 Å². The second-order valence-corrected chi connectivity index (χ2v) is 5.98. The van der Waals surface area contributed by atoms with Gasteiger partial charge in [-0.2, -0.15) is 11.8 Å². The standard InChI is InChI=1S/C13H16ClNO2S/c1-17-12(16)13(6-8-18-9-7-13)15-11-4-2-10(14)3-5-11/h2-5,15H,6-9H2,1H3. The lowest BCUT2D eigenvalue weighted by atomic mass is 9.92. The molecule has 5 heteroatoms. The number of nitrogens with one attached hydrogen (secondary N) is 1. The molecule has 0 unspecified atom stereocenters. The fourth-order valence-corrected chi connectivity index (χ4v) is 3.42. The molecule has 1 aliphatic rings. The third-order valence-corrected chi connectivity index (χ3v) is 4.39. The van der Waals surface area contributed by atoms with Gasteiger partial charge in [-0.25, -0.2) is 4.79 Å². The van der Waals surface area contributed by atoms with Crippen LogP contribution in [-0.2, 0) is 9.53 Å². The lowest BCUT2D eigenvalue weighted by Crippen LogP contribution is -2.49. The van der Waals surface area contributed by atoms with Gasteiger partial charge in [0, 0.05) is 10.7 Å². The lowest BCUT2D eigenvalue weighted by molar-refractivity contribution is -0.146. The number of anilines is 1. The zero-order valence-electron chi connectivity index (χ0n) is 10.2. The van der Waals surface area contributed by atoms with Crippen molar-refractivity contribution in [2.75, 3.05) is 23.9 Å². The molecular formula is C13H16ClNO2S. The fraction of sp³-hybridized carbons (Fsp3) is 0.462. The number of hydrogen-bond donors (Lipinski definition) is 1. The van der Waals surface area contributed by atoms with Gasteiger partial charge >= 0.3 is 5.97 Å². The van der Waals surface area contributed by atoms with Crippen molar-refractivity contribution in [2.45, 2.75) is 18.4 Å². The predicted octanol–water partition coefficient (Wildman–Crippen LogP) is 3.19. The smallest absolute Gasteiger partial charge is 0.331 e. The number of methoxy groups -OCH3 is 1. The summed E-state index contributed by atoms with van der Waals surface area (Å²) < 4.78 is 4.95. The summed E-state index contributed by atoms with van der Waals surface area (Å²) in [6, 6.07) is 7.39. The number of carbonyl (C=O) groups excluding carboxylic acids is 1. The second-order valence-electron chi connectivity index (χ2n) is 4.32. The van der Waals surface area contributed by atoms with Gasteiger partial charge in [0.05, 0.1) is 7.11 Å². The maximum absolute atomic E-state index is 12.0. The van der Waals surface area contributed by atoms with Gasteiger partial charge in [-0.05, 0) is 48.6 Å². The van der Waals surface area contributed by atoms with E-state index in [1.54, 1.807) is 0 Å². The van der Waals surface area contributed by atoms with E-state index in [1.807, 2.05) is 36.0 Å². The highest BCUT2D eigenvalue weighted by atomic mass is 35.5. The van der Waals surface area contributed by atoms with Crippen molar-refractivity contribution in [3.63, 3.8) is 0 Å². The highest BCUT2D eigenvalue weighted by molar-refractivity contribution is 7.99. The maximum atomic E-state index is 12.0. The zero-order valence-corrected chi connectivity index (χ0v) is 11.8. The molecule has 0 bridgehead atoms. The summed E-state index contributed by atoms with van der Waals surface area (Å²) in [6.45, 7) is 0. The fourth-order valence-electron chi connectivity index (χ4n) is 2.10. The van der Waals surface area contributed by atoms with Crippen molar-refractivity contribution in [1.82, 2.24) is 0 Å². The van der Waals surface area contributed by atoms with Crippen molar-refractivity contribution in [1.29, 1.82) is 0 Å². The third-order valence-electron chi connectivity index (χ3n) is 3.15. The molecular weight excluding hydrogens is 270 g/mol.